The second kappa shape index (κ2) is 13.2. The molecule has 0 amide bonds. The molecule has 3 aromatic rings. The van der Waals surface area contributed by atoms with E-state index in [4.69, 9.17) is 19.4 Å². The highest BCUT2D eigenvalue weighted by atomic mass is 19.1. The number of ether oxygens (including phenoxy) is 2. The fourth-order valence-corrected chi connectivity index (χ4v) is 4.89. The summed E-state index contributed by atoms with van der Waals surface area (Å²) in [6.45, 7) is 4.32. The fourth-order valence-electron chi connectivity index (χ4n) is 4.89. The minimum atomic E-state index is -0.336. The molecule has 0 aliphatic carbocycles. The lowest BCUT2D eigenvalue weighted by atomic mass is 10.1. The summed E-state index contributed by atoms with van der Waals surface area (Å²) in [6.07, 6.45) is 7.97. The second-order valence-corrected chi connectivity index (χ2v) is 10.2. The van der Waals surface area contributed by atoms with E-state index < -0.39 is 0 Å². The molecule has 0 radical (unpaired) electrons. The highest BCUT2D eigenvalue weighted by molar-refractivity contribution is 5.87. The number of unbranched alkanes of at least 4 members (excludes halogenated alkanes) is 2. The van der Waals surface area contributed by atoms with Crippen molar-refractivity contribution in [2.24, 2.45) is 0 Å². The van der Waals surface area contributed by atoms with Gasteiger partial charge in [0.25, 0.3) is 0 Å². The van der Waals surface area contributed by atoms with Crippen molar-refractivity contribution in [3.63, 3.8) is 0 Å². The Kier molecular flexibility index (Phi) is 9.19. The zero-order valence-corrected chi connectivity index (χ0v) is 23.1. The van der Waals surface area contributed by atoms with Crippen LogP contribution in [0.2, 0.25) is 0 Å². The molecule has 2 unspecified atom stereocenters. The zero-order chi connectivity index (χ0) is 27.9. The van der Waals surface area contributed by atoms with Gasteiger partial charge in [-0.05, 0) is 100 Å². The topological polar surface area (TPSA) is 75.8 Å². The summed E-state index contributed by atoms with van der Waals surface area (Å²) >= 11 is 0. The maximum atomic E-state index is 12.6. The van der Waals surface area contributed by atoms with E-state index in [1.165, 1.54) is 0 Å². The molecule has 0 saturated heterocycles. The first-order valence-corrected chi connectivity index (χ1v) is 14.0. The van der Waals surface area contributed by atoms with E-state index in [-0.39, 0.29) is 25.6 Å². The smallest absolute Gasteiger partial charge is 0.0895 e. The monoisotopic (exact) mass is 546 g/mol. The van der Waals surface area contributed by atoms with Crippen LogP contribution in [0.3, 0.4) is 0 Å². The molecular formula is C32H36F2N4O2. The van der Waals surface area contributed by atoms with Crippen LogP contribution in [0.1, 0.15) is 74.0 Å². The predicted molar refractivity (Wildman–Crippen MR) is 158 cm³/mol. The summed E-state index contributed by atoms with van der Waals surface area (Å²) in [5.74, 6) is 0. The Morgan fingerprint density at radius 1 is 0.700 bits per heavy atom. The molecule has 0 fully saturated rings. The van der Waals surface area contributed by atoms with Crippen LogP contribution in [-0.4, -0.2) is 52.6 Å². The van der Waals surface area contributed by atoms with Crippen molar-refractivity contribution in [1.29, 1.82) is 0 Å². The number of aromatic amines is 2. The average molecular weight is 547 g/mol. The zero-order valence-electron chi connectivity index (χ0n) is 23.1. The van der Waals surface area contributed by atoms with Gasteiger partial charge in [-0.15, -0.1) is 0 Å². The van der Waals surface area contributed by atoms with Crippen molar-refractivity contribution in [3.05, 3.63) is 70.8 Å². The Balaban J connectivity index is 1.62. The maximum absolute atomic E-state index is 12.6. The third-order valence-corrected chi connectivity index (χ3v) is 7.02. The Labute approximate surface area is 233 Å². The van der Waals surface area contributed by atoms with Crippen molar-refractivity contribution in [2.75, 3.05) is 26.6 Å². The van der Waals surface area contributed by atoms with Crippen LogP contribution < -0.4 is 0 Å². The molecule has 210 valence electrons. The van der Waals surface area contributed by atoms with Crippen LogP contribution in [0.25, 0.3) is 45.9 Å². The molecule has 2 atom stereocenters. The van der Waals surface area contributed by atoms with E-state index in [2.05, 4.69) is 16.0 Å². The molecule has 5 rings (SSSR count). The highest BCUT2D eigenvalue weighted by Gasteiger charge is 2.19. The average Bonchev–Trinajstić information content (AvgIpc) is 3.73. The van der Waals surface area contributed by atoms with E-state index in [9.17, 15) is 8.78 Å². The quantitative estimate of drug-likeness (QED) is 0.177. The van der Waals surface area contributed by atoms with E-state index in [1.54, 1.807) is 0 Å². The standard InChI is InChI=1S/C32H36F2N4O2/c1-21(39-13-5-3-11-33)29-17-27-16-25-8-7-23(35-25)15-24-9-10-26(36-24)19-31-30(22(2)40-14-6-4-12-34)18-28(38-31)20-32(29)37-27/h7-10,15-22,36-37H,3-6,11-14H2,1-2H3. The molecule has 40 heavy (non-hydrogen) atoms. The third-order valence-electron chi connectivity index (χ3n) is 7.02. The van der Waals surface area contributed by atoms with E-state index >= 15 is 0 Å². The Morgan fingerprint density at radius 2 is 1.35 bits per heavy atom. The van der Waals surface area contributed by atoms with Gasteiger partial charge in [0, 0.05) is 46.4 Å². The lowest BCUT2D eigenvalue weighted by molar-refractivity contribution is 0.0632. The van der Waals surface area contributed by atoms with Crippen molar-refractivity contribution < 1.29 is 18.3 Å². The first-order chi connectivity index (χ1) is 19.5. The van der Waals surface area contributed by atoms with Crippen LogP contribution in [0.5, 0.6) is 0 Å². The van der Waals surface area contributed by atoms with Gasteiger partial charge in [0.05, 0.1) is 48.3 Å². The molecule has 8 bridgehead atoms. The molecule has 2 aliphatic heterocycles. The Hall–Kier alpha value is -3.62. The third kappa shape index (κ3) is 6.92. The number of fused-ring (bicyclic) bond motifs is 8. The lowest BCUT2D eigenvalue weighted by Crippen LogP contribution is -2.11. The van der Waals surface area contributed by atoms with Gasteiger partial charge in [0.15, 0.2) is 0 Å². The van der Waals surface area contributed by atoms with Crippen LogP contribution in [0.4, 0.5) is 8.78 Å². The molecule has 0 spiro atoms. The van der Waals surface area contributed by atoms with Gasteiger partial charge >= 0.3 is 0 Å². The summed E-state index contributed by atoms with van der Waals surface area (Å²) < 4.78 is 37.3. The minimum Gasteiger partial charge on any atom is -0.374 e. The summed E-state index contributed by atoms with van der Waals surface area (Å²) in [4.78, 5) is 16.7. The fraction of sp³-hybridized carbons (Fsp3) is 0.375. The number of rotatable bonds is 12. The summed E-state index contributed by atoms with van der Waals surface area (Å²) in [7, 11) is 0. The first kappa shape index (κ1) is 27.9. The number of nitrogens with zero attached hydrogens (tertiary/aromatic N) is 2. The molecule has 2 aliphatic rings. The van der Waals surface area contributed by atoms with Crippen LogP contribution in [-0.2, 0) is 9.47 Å². The molecule has 0 aromatic carbocycles. The minimum absolute atomic E-state index is 0.196. The van der Waals surface area contributed by atoms with Crippen LogP contribution in [0.15, 0.2) is 42.5 Å². The van der Waals surface area contributed by atoms with Gasteiger partial charge in [0.1, 0.15) is 0 Å². The van der Waals surface area contributed by atoms with E-state index in [0.29, 0.717) is 38.9 Å². The van der Waals surface area contributed by atoms with Crippen molar-refractivity contribution in [1.82, 2.24) is 19.9 Å². The Bertz CT molecular complexity index is 1540. The summed E-state index contributed by atoms with van der Waals surface area (Å²) in [5.41, 5.74) is 8.94. The van der Waals surface area contributed by atoms with Gasteiger partial charge in [0.2, 0.25) is 0 Å². The molecular weight excluding hydrogens is 510 g/mol. The molecule has 3 aromatic heterocycles. The van der Waals surface area contributed by atoms with Crippen LogP contribution in [0, 0.1) is 0 Å². The normalized spacial score (nSPS) is 14.3. The SMILES string of the molecule is CC(OCCCCF)C1=Cc2cc3[nH]c(cc4nc(cc5ccc(cc1n2)[nH]5)C=C4)cc3C(C)OCCCCF. The predicted octanol–water partition coefficient (Wildman–Crippen LogP) is 8.01. The van der Waals surface area contributed by atoms with Gasteiger partial charge in [-0.2, -0.15) is 0 Å². The number of aromatic nitrogens is 4. The molecule has 5 heterocycles. The lowest BCUT2D eigenvalue weighted by Gasteiger charge is -2.14. The molecule has 6 nitrogen and oxygen atoms in total. The Morgan fingerprint density at radius 3 is 2.05 bits per heavy atom. The first-order valence-electron chi connectivity index (χ1n) is 14.0. The van der Waals surface area contributed by atoms with Gasteiger partial charge < -0.3 is 19.4 Å². The summed E-state index contributed by atoms with van der Waals surface area (Å²) in [6, 6.07) is 14.2. The van der Waals surface area contributed by atoms with Gasteiger partial charge in [-0.3, -0.25) is 8.78 Å². The van der Waals surface area contributed by atoms with E-state index in [1.807, 2.05) is 68.5 Å². The van der Waals surface area contributed by atoms with Crippen LogP contribution >= 0.6 is 0 Å². The van der Waals surface area contributed by atoms with Gasteiger partial charge in [-0.1, -0.05) is 0 Å². The van der Waals surface area contributed by atoms with Gasteiger partial charge in [-0.25, -0.2) is 9.97 Å². The number of hydrogen-bond acceptors (Lipinski definition) is 4. The number of nitrogens with one attached hydrogen (secondary N) is 2. The second-order valence-electron chi connectivity index (χ2n) is 10.2. The highest BCUT2D eigenvalue weighted by Crippen LogP contribution is 2.30. The van der Waals surface area contributed by atoms with Crippen molar-refractivity contribution in [2.45, 2.75) is 51.7 Å². The number of halogens is 2. The summed E-state index contributed by atoms with van der Waals surface area (Å²) in [5, 5.41) is 0. The van der Waals surface area contributed by atoms with E-state index in [0.717, 1.165) is 56.0 Å². The molecule has 2 N–H and O–H groups in total. The number of hydrogen-bond donors (Lipinski definition) is 2. The number of alkyl halides is 2. The molecule has 8 heteroatoms. The number of H-pyrrole nitrogens is 2. The largest absolute Gasteiger partial charge is 0.374 e. The van der Waals surface area contributed by atoms with Crippen molar-refractivity contribution in [3.8, 4) is 0 Å². The molecule has 0 saturated carbocycles. The van der Waals surface area contributed by atoms with Crippen molar-refractivity contribution >= 4 is 45.9 Å². The maximum Gasteiger partial charge on any atom is 0.0895 e.